The van der Waals surface area contributed by atoms with E-state index in [0.29, 0.717) is 17.2 Å². The number of amides is 1. The van der Waals surface area contributed by atoms with Gasteiger partial charge in [-0.1, -0.05) is 13.0 Å². The van der Waals surface area contributed by atoms with Crippen LogP contribution in [0.2, 0.25) is 0 Å². The first kappa shape index (κ1) is 15.5. The number of aryl methyl sites for hydroxylation is 1. The van der Waals surface area contributed by atoms with Gasteiger partial charge in [-0.05, 0) is 49.9 Å². The number of hydrogen-bond acceptors (Lipinski definition) is 4. The van der Waals surface area contributed by atoms with Gasteiger partial charge in [0, 0.05) is 5.69 Å². The molecule has 1 aromatic carbocycles. The van der Waals surface area contributed by atoms with Crippen molar-refractivity contribution in [3.8, 4) is 0 Å². The van der Waals surface area contributed by atoms with Crippen molar-refractivity contribution in [2.45, 2.75) is 32.7 Å². The fourth-order valence-electron chi connectivity index (χ4n) is 2.61. The van der Waals surface area contributed by atoms with E-state index in [1.165, 1.54) is 7.11 Å². The molecular formula is C16H22N2O3. The zero-order valence-electron chi connectivity index (χ0n) is 12.7. The van der Waals surface area contributed by atoms with Crippen molar-refractivity contribution in [3.05, 3.63) is 29.3 Å². The van der Waals surface area contributed by atoms with Gasteiger partial charge in [-0.15, -0.1) is 0 Å². The predicted molar refractivity (Wildman–Crippen MR) is 81.3 cm³/mol. The summed E-state index contributed by atoms with van der Waals surface area (Å²) in [6, 6.07) is 4.98. The first-order chi connectivity index (χ1) is 10.0. The Bertz CT molecular complexity index is 542. The Morgan fingerprint density at radius 3 is 2.81 bits per heavy atom. The Balaban J connectivity index is 2.14. The molecule has 5 heteroatoms. The van der Waals surface area contributed by atoms with Crippen LogP contribution in [-0.2, 0) is 9.53 Å². The largest absolute Gasteiger partial charge is 0.465 e. The standard InChI is InChI=1S/C16H22N2O3/c1-10-6-7-12(16(20)21-3)9-13(10)18-15(19)14-11(2)5-4-8-17-14/h6-7,9,11,14,17H,4-5,8H2,1-3H3,(H,18,19). The molecule has 0 saturated carbocycles. The molecule has 114 valence electrons. The number of nitrogens with one attached hydrogen (secondary N) is 2. The average molecular weight is 290 g/mol. The van der Waals surface area contributed by atoms with Crippen LogP contribution in [0.1, 0.15) is 35.7 Å². The predicted octanol–water partition coefficient (Wildman–Crippen LogP) is 2.11. The van der Waals surface area contributed by atoms with Gasteiger partial charge in [-0.25, -0.2) is 4.79 Å². The lowest BCUT2D eigenvalue weighted by Crippen LogP contribution is -2.48. The van der Waals surface area contributed by atoms with E-state index in [4.69, 9.17) is 4.74 Å². The summed E-state index contributed by atoms with van der Waals surface area (Å²) in [5, 5.41) is 6.17. The second-order valence-electron chi connectivity index (χ2n) is 5.56. The highest BCUT2D eigenvalue weighted by Gasteiger charge is 2.27. The molecule has 1 aromatic rings. The summed E-state index contributed by atoms with van der Waals surface area (Å²) in [4.78, 5) is 24.0. The highest BCUT2D eigenvalue weighted by Crippen LogP contribution is 2.21. The van der Waals surface area contributed by atoms with Crippen LogP contribution in [0.15, 0.2) is 18.2 Å². The van der Waals surface area contributed by atoms with Gasteiger partial charge in [0.1, 0.15) is 0 Å². The number of carbonyl (C=O) groups is 2. The fraction of sp³-hybridized carbons (Fsp3) is 0.500. The van der Waals surface area contributed by atoms with E-state index in [2.05, 4.69) is 17.6 Å². The smallest absolute Gasteiger partial charge is 0.337 e. The molecule has 0 radical (unpaired) electrons. The lowest BCUT2D eigenvalue weighted by Gasteiger charge is -2.29. The normalized spacial score (nSPS) is 21.7. The fourth-order valence-corrected chi connectivity index (χ4v) is 2.61. The molecule has 1 saturated heterocycles. The molecule has 1 aliphatic heterocycles. The number of methoxy groups -OCH3 is 1. The third kappa shape index (κ3) is 3.61. The molecule has 0 aromatic heterocycles. The summed E-state index contributed by atoms with van der Waals surface area (Å²) in [6.07, 6.45) is 2.15. The number of piperidine rings is 1. The molecule has 1 aliphatic rings. The van der Waals surface area contributed by atoms with Crippen molar-refractivity contribution in [3.63, 3.8) is 0 Å². The highest BCUT2D eigenvalue weighted by molar-refractivity contribution is 5.97. The molecule has 2 rings (SSSR count). The molecule has 1 amide bonds. The van der Waals surface area contributed by atoms with Gasteiger partial charge in [-0.3, -0.25) is 4.79 Å². The van der Waals surface area contributed by atoms with Crippen LogP contribution in [0.4, 0.5) is 5.69 Å². The summed E-state index contributed by atoms with van der Waals surface area (Å²) < 4.78 is 4.71. The Morgan fingerprint density at radius 2 is 2.14 bits per heavy atom. The van der Waals surface area contributed by atoms with E-state index in [1.54, 1.807) is 18.2 Å². The van der Waals surface area contributed by atoms with Gasteiger partial charge in [0.15, 0.2) is 0 Å². The van der Waals surface area contributed by atoms with Crippen molar-refractivity contribution in [1.29, 1.82) is 0 Å². The Morgan fingerprint density at radius 1 is 1.38 bits per heavy atom. The number of hydrogen-bond donors (Lipinski definition) is 2. The molecule has 2 N–H and O–H groups in total. The second kappa shape index (κ2) is 6.72. The summed E-state index contributed by atoms with van der Waals surface area (Å²) in [7, 11) is 1.34. The summed E-state index contributed by atoms with van der Waals surface area (Å²) in [5.74, 6) is -0.148. The number of esters is 1. The number of benzene rings is 1. The van der Waals surface area contributed by atoms with Crippen molar-refractivity contribution in [2.24, 2.45) is 5.92 Å². The van der Waals surface area contributed by atoms with Gasteiger partial charge in [0.05, 0.1) is 18.7 Å². The third-order valence-corrected chi connectivity index (χ3v) is 3.97. The van der Waals surface area contributed by atoms with Crippen LogP contribution in [0.25, 0.3) is 0 Å². The maximum Gasteiger partial charge on any atom is 0.337 e. The van der Waals surface area contributed by atoms with Crippen LogP contribution >= 0.6 is 0 Å². The Labute approximate surface area is 125 Å². The summed E-state index contributed by atoms with van der Waals surface area (Å²) >= 11 is 0. The molecule has 2 unspecified atom stereocenters. The zero-order chi connectivity index (χ0) is 15.4. The quantitative estimate of drug-likeness (QED) is 0.837. The summed E-state index contributed by atoms with van der Waals surface area (Å²) in [5.41, 5.74) is 2.00. The lowest BCUT2D eigenvalue weighted by molar-refractivity contribution is -0.119. The van der Waals surface area contributed by atoms with Crippen LogP contribution in [-0.4, -0.2) is 31.6 Å². The van der Waals surface area contributed by atoms with Gasteiger partial charge in [0.25, 0.3) is 0 Å². The number of anilines is 1. The maximum atomic E-state index is 12.4. The van der Waals surface area contributed by atoms with Crippen LogP contribution in [0.3, 0.4) is 0 Å². The van der Waals surface area contributed by atoms with Gasteiger partial charge >= 0.3 is 5.97 Å². The second-order valence-corrected chi connectivity index (χ2v) is 5.56. The molecule has 2 atom stereocenters. The minimum Gasteiger partial charge on any atom is -0.465 e. The molecule has 1 heterocycles. The highest BCUT2D eigenvalue weighted by atomic mass is 16.5. The topological polar surface area (TPSA) is 67.4 Å². The van der Waals surface area contributed by atoms with Gasteiger partial charge in [0.2, 0.25) is 5.91 Å². The van der Waals surface area contributed by atoms with E-state index >= 15 is 0 Å². The van der Waals surface area contributed by atoms with E-state index < -0.39 is 5.97 Å². The molecule has 21 heavy (non-hydrogen) atoms. The average Bonchev–Trinajstić information content (AvgIpc) is 2.49. The molecule has 0 bridgehead atoms. The molecule has 1 fully saturated rings. The molecule has 5 nitrogen and oxygen atoms in total. The lowest BCUT2D eigenvalue weighted by atomic mass is 9.92. The van der Waals surface area contributed by atoms with E-state index in [0.717, 1.165) is 24.9 Å². The first-order valence-electron chi connectivity index (χ1n) is 7.26. The van der Waals surface area contributed by atoms with Crippen LogP contribution < -0.4 is 10.6 Å². The monoisotopic (exact) mass is 290 g/mol. The van der Waals surface area contributed by atoms with Crippen LogP contribution in [0.5, 0.6) is 0 Å². The van der Waals surface area contributed by atoms with E-state index in [1.807, 2.05) is 6.92 Å². The summed E-state index contributed by atoms with van der Waals surface area (Å²) in [6.45, 7) is 4.84. The Hall–Kier alpha value is -1.88. The number of rotatable bonds is 3. The molecular weight excluding hydrogens is 268 g/mol. The van der Waals surface area contributed by atoms with Gasteiger partial charge in [-0.2, -0.15) is 0 Å². The minimum absolute atomic E-state index is 0.0488. The van der Waals surface area contributed by atoms with Crippen molar-refractivity contribution < 1.29 is 14.3 Å². The molecule has 0 aliphatic carbocycles. The molecule has 0 spiro atoms. The maximum absolute atomic E-state index is 12.4. The van der Waals surface area contributed by atoms with Crippen molar-refractivity contribution in [2.75, 3.05) is 19.0 Å². The van der Waals surface area contributed by atoms with E-state index in [9.17, 15) is 9.59 Å². The minimum atomic E-state index is -0.408. The van der Waals surface area contributed by atoms with Crippen LogP contribution in [0, 0.1) is 12.8 Å². The first-order valence-corrected chi connectivity index (χ1v) is 7.26. The van der Waals surface area contributed by atoms with Gasteiger partial charge < -0.3 is 15.4 Å². The number of ether oxygens (including phenoxy) is 1. The third-order valence-electron chi connectivity index (χ3n) is 3.97. The van der Waals surface area contributed by atoms with Crippen molar-refractivity contribution >= 4 is 17.6 Å². The Kier molecular flexibility index (Phi) is 4.96. The van der Waals surface area contributed by atoms with E-state index in [-0.39, 0.29) is 11.9 Å². The number of carbonyl (C=O) groups excluding carboxylic acids is 2. The zero-order valence-corrected chi connectivity index (χ0v) is 12.7. The van der Waals surface area contributed by atoms with Crippen molar-refractivity contribution in [1.82, 2.24) is 5.32 Å². The SMILES string of the molecule is COC(=O)c1ccc(C)c(NC(=O)C2NCCCC2C)c1.